The van der Waals surface area contributed by atoms with E-state index in [0.29, 0.717) is 32.1 Å². The zero-order chi connectivity index (χ0) is 40.7. The van der Waals surface area contributed by atoms with Gasteiger partial charge in [0.1, 0.15) is 73.2 Å². The third-order valence-electron chi connectivity index (χ3n) is 15.0. The molecule has 11 N–H and O–H groups in total. The lowest BCUT2D eigenvalue weighted by Crippen LogP contribution is -2.68. The molecule has 3 aliphatic heterocycles. The van der Waals surface area contributed by atoms with Crippen LogP contribution in [-0.4, -0.2) is 180 Å². The molecule has 20 unspecified atom stereocenters. The van der Waals surface area contributed by atoms with Gasteiger partial charge in [0.05, 0.1) is 30.8 Å². The van der Waals surface area contributed by atoms with Crippen LogP contribution in [0.4, 0.5) is 0 Å². The third kappa shape index (κ3) is 6.69. The van der Waals surface area contributed by atoms with E-state index in [4.69, 9.17) is 28.4 Å². The summed E-state index contributed by atoms with van der Waals surface area (Å²) in [5.74, 6) is -0.606. The number of aliphatic hydroxyl groups excluding tert-OH is 10. The summed E-state index contributed by atoms with van der Waals surface area (Å²) < 4.78 is 36.7. The van der Waals surface area contributed by atoms with Crippen LogP contribution in [-0.2, 0) is 33.2 Å². The molecular formula is C38H60O18. The SMILES string of the molecule is C=C1CC23CCC4C(C)(C(=O)O)CCCC4(C)C2CCC1(OC1OC(CO)C(O)C(OC2OC(CO)C(O)C(O)C2O)C1OC1OC(CO)[C@H](O)C(O)C1O)C3. The van der Waals surface area contributed by atoms with Gasteiger partial charge in [0.2, 0.25) is 0 Å². The van der Waals surface area contributed by atoms with Gasteiger partial charge in [-0.3, -0.25) is 4.79 Å². The molecule has 7 aliphatic rings. The molecule has 4 aliphatic carbocycles. The molecule has 3 heterocycles. The second-order valence-electron chi connectivity index (χ2n) is 18.0. The lowest BCUT2D eigenvalue weighted by Gasteiger charge is -2.64. The van der Waals surface area contributed by atoms with Crippen LogP contribution in [0.1, 0.15) is 71.6 Å². The van der Waals surface area contributed by atoms with Crippen molar-refractivity contribution >= 4 is 5.97 Å². The molecule has 7 rings (SSSR count). The van der Waals surface area contributed by atoms with E-state index in [1.807, 2.05) is 6.92 Å². The number of rotatable bonds is 10. The van der Waals surface area contributed by atoms with Gasteiger partial charge in [-0.2, -0.15) is 0 Å². The van der Waals surface area contributed by atoms with Gasteiger partial charge in [-0.15, -0.1) is 0 Å². The van der Waals surface area contributed by atoms with Gasteiger partial charge in [-0.25, -0.2) is 0 Å². The average molecular weight is 805 g/mol. The van der Waals surface area contributed by atoms with E-state index in [1.165, 1.54) is 0 Å². The van der Waals surface area contributed by atoms with Gasteiger partial charge in [0, 0.05) is 0 Å². The molecule has 18 nitrogen and oxygen atoms in total. The van der Waals surface area contributed by atoms with Crippen molar-refractivity contribution in [1.82, 2.24) is 0 Å². The minimum atomic E-state index is -1.91. The number of hydrogen-bond donors (Lipinski definition) is 11. The quantitative estimate of drug-likeness (QED) is 0.0812. The van der Waals surface area contributed by atoms with E-state index in [9.17, 15) is 61.0 Å². The molecule has 0 radical (unpaired) electrons. The normalized spacial score (nSPS) is 54.6. The Bertz CT molecular complexity index is 1450. The Labute approximate surface area is 324 Å². The van der Waals surface area contributed by atoms with Crippen LogP contribution in [0.3, 0.4) is 0 Å². The predicted molar refractivity (Wildman–Crippen MR) is 187 cm³/mol. The Balaban J connectivity index is 1.21. The summed E-state index contributed by atoms with van der Waals surface area (Å²) in [6, 6.07) is 0. The van der Waals surface area contributed by atoms with Crippen LogP contribution in [0.5, 0.6) is 0 Å². The minimum absolute atomic E-state index is 0.00993. The van der Waals surface area contributed by atoms with Crippen LogP contribution >= 0.6 is 0 Å². The maximum Gasteiger partial charge on any atom is 0.309 e. The smallest absolute Gasteiger partial charge is 0.309 e. The van der Waals surface area contributed by atoms with Crippen molar-refractivity contribution in [2.45, 2.75) is 169 Å². The van der Waals surface area contributed by atoms with Crippen molar-refractivity contribution in [2.24, 2.45) is 28.1 Å². The van der Waals surface area contributed by atoms with Gasteiger partial charge in [0.15, 0.2) is 18.9 Å². The first kappa shape index (κ1) is 42.7. The van der Waals surface area contributed by atoms with Gasteiger partial charge < -0.3 is 84.6 Å². The van der Waals surface area contributed by atoms with Gasteiger partial charge in [0.25, 0.3) is 0 Å². The summed E-state index contributed by atoms with van der Waals surface area (Å²) in [7, 11) is 0. The standard InChI is InChI=1S/C38H60O18/c1-16-11-37-9-5-20-35(2,7-4-8-36(20,3)34(49)50)21(37)6-10-38(16,15-37)56-33-30(55-32-28(48)26(46)23(43)18(13-40)52-32)29(24(44)19(14-41)53-33)54-31-27(47)25(45)22(42)17(12-39)51-31/h17-33,39-48H,1,4-15H2,2-3H3,(H,49,50)/t17?,18?,19?,20?,21?,22?,23-,24?,25?,26?,27?,28?,29?,30?,31?,32?,33?,35?,36?,37?,38?/m0/s1. The van der Waals surface area contributed by atoms with E-state index in [1.54, 1.807) is 0 Å². The molecule has 56 heavy (non-hydrogen) atoms. The Hall–Kier alpha value is -1.43. The second-order valence-corrected chi connectivity index (χ2v) is 18.0. The molecule has 0 amide bonds. The van der Waals surface area contributed by atoms with Crippen LogP contribution in [0.15, 0.2) is 12.2 Å². The number of ether oxygens (including phenoxy) is 6. The number of hydrogen-bond acceptors (Lipinski definition) is 17. The fraction of sp³-hybridized carbons (Fsp3) is 0.921. The number of fused-ring (bicyclic) bond motifs is 3. The number of carboxylic acids is 1. The lowest BCUT2D eigenvalue weighted by atomic mass is 9.41. The number of aliphatic carboxylic acids is 1. The number of carbonyl (C=O) groups is 1. The monoisotopic (exact) mass is 804 g/mol. The summed E-state index contributed by atoms with van der Waals surface area (Å²) >= 11 is 0. The summed E-state index contributed by atoms with van der Waals surface area (Å²) in [5.41, 5.74) is -1.63. The maximum absolute atomic E-state index is 12.7. The summed E-state index contributed by atoms with van der Waals surface area (Å²) in [5, 5.41) is 116. The molecule has 4 saturated carbocycles. The highest BCUT2D eigenvalue weighted by atomic mass is 16.8. The number of carboxylic acid groups (broad SMARTS) is 1. The van der Waals surface area contributed by atoms with Crippen molar-refractivity contribution in [3.63, 3.8) is 0 Å². The van der Waals surface area contributed by atoms with E-state index >= 15 is 0 Å². The van der Waals surface area contributed by atoms with Crippen molar-refractivity contribution < 1.29 is 89.4 Å². The van der Waals surface area contributed by atoms with E-state index in [2.05, 4.69) is 13.5 Å². The first-order valence-corrected chi connectivity index (χ1v) is 19.9. The van der Waals surface area contributed by atoms with Crippen LogP contribution in [0.2, 0.25) is 0 Å². The Morgan fingerprint density at radius 1 is 0.679 bits per heavy atom. The Morgan fingerprint density at radius 2 is 1.20 bits per heavy atom. The summed E-state index contributed by atoms with van der Waals surface area (Å²) in [4.78, 5) is 12.7. The van der Waals surface area contributed by atoms with Gasteiger partial charge in [-0.1, -0.05) is 19.9 Å². The fourth-order valence-corrected chi connectivity index (χ4v) is 12.1. The topological polar surface area (TPSA) is 295 Å². The first-order chi connectivity index (χ1) is 26.4. The molecular weight excluding hydrogens is 744 g/mol. The van der Waals surface area contributed by atoms with Crippen molar-refractivity contribution in [3.8, 4) is 0 Å². The molecule has 1 spiro atoms. The highest BCUT2D eigenvalue weighted by Crippen LogP contribution is 2.73. The lowest BCUT2D eigenvalue weighted by molar-refractivity contribution is -0.400. The fourth-order valence-electron chi connectivity index (χ4n) is 12.1. The minimum Gasteiger partial charge on any atom is -0.481 e. The zero-order valence-corrected chi connectivity index (χ0v) is 31.8. The maximum atomic E-state index is 12.7. The van der Waals surface area contributed by atoms with Crippen molar-refractivity contribution in [1.29, 1.82) is 0 Å². The highest BCUT2D eigenvalue weighted by Gasteiger charge is 2.69. The molecule has 18 heteroatoms. The molecule has 0 aromatic heterocycles. The summed E-state index contributed by atoms with van der Waals surface area (Å²) in [6.07, 6.45) is -19.3. The molecule has 3 saturated heterocycles. The summed E-state index contributed by atoms with van der Waals surface area (Å²) in [6.45, 7) is 6.28. The third-order valence-corrected chi connectivity index (χ3v) is 15.0. The molecule has 7 fully saturated rings. The highest BCUT2D eigenvalue weighted by molar-refractivity contribution is 5.75. The first-order valence-electron chi connectivity index (χ1n) is 19.9. The van der Waals surface area contributed by atoms with Crippen LogP contribution in [0.25, 0.3) is 0 Å². The average Bonchev–Trinajstić information content (AvgIpc) is 3.36. The van der Waals surface area contributed by atoms with E-state index < -0.39 is 129 Å². The van der Waals surface area contributed by atoms with Gasteiger partial charge >= 0.3 is 5.97 Å². The van der Waals surface area contributed by atoms with Crippen molar-refractivity contribution in [3.05, 3.63) is 12.2 Å². The van der Waals surface area contributed by atoms with Crippen LogP contribution < -0.4 is 0 Å². The molecule has 0 aromatic rings. The molecule has 0 aromatic carbocycles. The predicted octanol–water partition coefficient (Wildman–Crippen LogP) is -2.37. The second kappa shape index (κ2) is 15.6. The largest absolute Gasteiger partial charge is 0.481 e. The van der Waals surface area contributed by atoms with E-state index in [0.717, 1.165) is 31.3 Å². The number of aliphatic hydroxyl groups is 10. The Kier molecular flexibility index (Phi) is 11.9. The van der Waals surface area contributed by atoms with E-state index in [-0.39, 0.29) is 22.7 Å². The Morgan fingerprint density at radius 3 is 1.75 bits per heavy atom. The molecule has 21 atom stereocenters. The van der Waals surface area contributed by atoms with Crippen LogP contribution in [0, 0.1) is 28.1 Å². The molecule has 320 valence electrons. The van der Waals surface area contributed by atoms with Gasteiger partial charge in [-0.05, 0) is 86.5 Å². The molecule has 2 bridgehead atoms. The van der Waals surface area contributed by atoms with Crippen molar-refractivity contribution in [2.75, 3.05) is 19.8 Å². The zero-order valence-electron chi connectivity index (χ0n) is 31.8.